The molecule has 2 aromatic heterocycles. The SMILES string of the molecule is C[C@@H](Cn1cncn1)C(=O)N1CCN(c2nccc(-c3ccccc3)n2)CC1. The van der Waals surface area contributed by atoms with Crippen molar-refractivity contribution in [3.05, 3.63) is 55.2 Å². The van der Waals surface area contributed by atoms with Crippen LogP contribution in [0.25, 0.3) is 11.3 Å². The second-order valence-electron chi connectivity index (χ2n) is 6.94. The second-order valence-corrected chi connectivity index (χ2v) is 6.94. The summed E-state index contributed by atoms with van der Waals surface area (Å²) in [5, 5.41) is 4.08. The zero-order valence-electron chi connectivity index (χ0n) is 15.8. The van der Waals surface area contributed by atoms with Crippen molar-refractivity contribution in [3.8, 4) is 11.3 Å². The van der Waals surface area contributed by atoms with Gasteiger partial charge in [-0.2, -0.15) is 5.10 Å². The Kier molecular flexibility index (Phi) is 5.27. The number of carbonyl (C=O) groups is 1. The lowest BCUT2D eigenvalue weighted by atomic mass is 10.1. The van der Waals surface area contributed by atoms with Crippen LogP contribution in [0.4, 0.5) is 5.95 Å². The third kappa shape index (κ3) is 4.00. The average Bonchev–Trinajstić information content (AvgIpc) is 3.27. The van der Waals surface area contributed by atoms with Gasteiger partial charge in [-0.25, -0.2) is 15.0 Å². The summed E-state index contributed by atoms with van der Waals surface area (Å²) in [7, 11) is 0. The van der Waals surface area contributed by atoms with E-state index in [0.29, 0.717) is 25.6 Å². The average molecular weight is 377 g/mol. The Hall–Kier alpha value is -3.29. The fourth-order valence-electron chi connectivity index (χ4n) is 3.39. The van der Waals surface area contributed by atoms with Crippen molar-refractivity contribution < 1.29 is 4.79 Å². The van der Waals surface area contributed by atoms with Crippen LogP contribution in [0.1, 0.15) is 6.92 Å². The van der Waals surface area contributed by atoms with Crippen LogP contribution in [0.2, 0.25) is 0 Å². The molecule has 3 aromatic rings. The first kappa shape index (κ1) is 18.1. The van der Waals surface area contributed by atoms with Crippen molar-refractivity contribution in [2.75, 3.05) is 31.1 Å². The van der Waals surface area contributed by atoms with Gasteiger partial charge in [0.05, 0.1) is 18.2 Å². The molecule has 8 heteroatoms. The molecule has 4 rings (SSSR count). The van der Waals surface area contributed by atoms with Crippen molar-refractivity contribution in [3.63, 3.8) is 0 Å². The van der Waals surface area contributed by atoms with Crippen LogP contribution < -0.4 is 4.90 Å². The topological polar surface area (TPSA) is 80.0 Å². The van der Waals surface area contributed by atoms with Gasteiger partial charge < -0.3 is 9.80 Å². The number of amides is 1. The summed E-state index contributed by atoms with van der Waals surface area (Å²) in [6, 6.07) is 12.0. The van der Waals surface area contributed by atoms with Crippen molar-refractivity contribution in [2.45, 2.75) is 13.5 Å². The van der Waals surface area contributed by atoms with Crippen LogP contribution in [0, 0.1) is 5.92 Å². The van der Waals surface area contributed by atoms with Crippen molar-refractivity contribution in [2.24, 2.45) is 5.92 Å². The monoisotopic (exact) mass is 377 g/mol. The molecule has 1 fully saturated rings. The summed E-state index contributed by atoms with van der Waals surface area (Å²) in [5.74, 6) is 0.726. The fraction of sp³-hybridized carbons (Fsp3) is 0.350. The minimum Gasteiger partial charge on any atom is -0.339 e. The molecular weight excluding hydrogens is 354 g/mol. The third-order valence-electron chi connectivity index (χ3n) is 4.94. The highest BCUT2D eigenvalue weighted by Crippen LogP contribution is 2.19. The van der Waals surface area contributed by atoms with E-state index in [4.69, 9.17) is 4.98 Å². The molecule has 0 bridgehead atoms. The van der Waals surface area contributed by atoms with Gasteiger partial charge in [-0.3, -0.25) is 9.48 Å². The van der Waals surface area contributed by atoms with Crippen LogP contribution in [-0.4, -0.2) is 61.7 Å². The van der Waals surface area contributed by atoms with Gasteiger partial charge in [-0.05, 0) is 6.07 Å². The Bertz CT molecular complexity index is 905. The lowest BCUT2D eigenvalue weighted by Gasteiger charge is -2.36. The number of nitrogens with zero attached hydrogens (tertiary/aromatic N) is 7. The molecule has 1 aliphatic rings. The summed E-state index contributed by atoms with van der Waals surface area (Å²) in [4.78, 5) is 29.9. The van der Waals surface area contributed by atoms with E-state index in [1.54, 1.807) is 17.2 Å². The van der Waals surface area contributed by atoms with E-state index in [1.807, 2.05) is 48.2 Å². The number of hydrogen-bond donors (Lipinski definition) is 0. The molecule has 0 aliphatic carbocycles. The van der Waals surface area contributed by atoms with E-state index >= 15 is 0 Å². The lowest BCUT2D eigenvalue weighted by Crippen LogP contribution is -2.51. The predicted octanol–water partition coefficient (Wildman–Crippen LogP) is 1.72. The Labute approximate surface area is 163 Å². The summed E-state index contributed by atoms with van der Waals surface area (Å²) >= 11 is 0. The van der Waals surface area contributed by atoms with Gasteiger partial charge in [0.25, 0.3) is 0 Å². The Balaban J connectivity index is 1.37. The summed E-state index contributed by atoms with van der Waals surface area (Å²) in [6.45, 7) is 5.25. The molecule has 0 saturated carbocycles. The Morgan fingerprint density at radius 2 is 1.89 bits per heavy atom. The normalized spacial score (nSPS) is 15.5. The minimum absolute atomic E-state index is 0.133. The predicted molar refractivity (Wildman–Crippen MR) is 105 cm³/mol. The lowest BCUT2D eigenvalue weighted by molar-refractivity contribution is -0.135. The van der Waals surface area contributed by atoms with Gasteiger partial charge in [-0.1, -0.05) is 37.3 Å². The van der Waals surface area contributed by atoms with E-state index in [-0.39, 0.29) is 11.8 Å². The number of hydrogen-bond acceptors (Lipinski definition) is 6. The van der Waals surface area contributed by atoms with E-state index in [1.165, 1.54) is 6.33 Å². The van der Waals surface area contributed by atoms with E-state index in [9.17, 15) is 4.79 Å². The standard InChI is InChI=1S/C20H23N7O/c1-16(13-27-15-21-14-23-27)19(28)25-9-11-26(12-10-25)20-22-8-7-18(24-20)17-5-3-2-4-6-17/h2-8,14-16H,9-13H2,1H3/t16-/m0/s1. The van der Waals surface area contributed by atoms with Crippen LogP contribution in [-0.2, 0) is 11.3 Å². The van der Waals surface area contributed by atoms with Crippen molar-refractivity contribution in [1.29, 1.82) is 0 Å². The third-order valence-corrected chi connectivity index (χ3v) is 4.94. The molecule has 144 valence electrons. The number of carbonyl (C=O) groups excluding carboxylic acids is 1. The summed E-state index contributed by atoms with van der Waals surface area (Å²) in [6.07, 6.45) is 4.92. The highest BCUT2D eigenvalue weighted by atomic mass is 16.2. The minimum atomic E-state index is -0.133. The molecule has 1 aromatic carbocycles. The molecule has 1 aliphatic heterocycles. The molecular formula is C20H23N7O. The van der Waals surface area contributed by atoms with E-state index in [0.717, 1.165) is 24.3 Å². The van der Waals surface area contributed by atoms with Gasteiger partial charge >= 0.3 is 0 Å². The number of rotatable bonds is 5. The number of aromatic nitrogens is 5. The number of anilines is 1. The zero-order chi connectivity index (χ0) is 19.3. The quantitative estimate of drug-likeness (QED) is 0.674. The Morgan fingerprint density at radius 3 is 2.61 bits per heavy atom. The molecule has 8 nitrogen and oxygen atoms in total. The largest absolute Gasteiger partial charge is 0.339 e. The first-order valence-corrected chi connectivity index (χ1v) is 9.45. The number of benzene rings is 1. The van der Waals surface area contributed by atoms with Crippen molar-refractivity contribution in [1.82, 2.24) is 29.6 Å². The fourth-order valence-corrected chi connectivity index (χ4v) is 3.39. The van der Waals surface area contributed by atoms with E-state index < -0.39 is 0 Å². The first-order chi connectivity index (χ1) is 13.7. The summed E-state index contributed by atoms with van der Waals surface area (Å²) in [5.41, 5.74) is 1.98. The maximum atomic E-state index is 12.7. The highest BCUT2D eigenvalue weighted by molar-refractivity contribution is 5.78. The van der Waals surface area contributed by atoms with Crippen LogP contribution in [0.15, 0.2) is 55.2 Å². The summed E-state index contributed by atoms with van der Waals surface area (Å²) < 4.78 is 1.70. The highest BCUT2D eigenvalue weighted by Gasteiger charge is 2.26. The molecule has 0 unspecified atom stereocenters. The maximum Gasteiger partial charge on any atom is 0.227 e. The van der Waals surface area contributed by atoms with Crippen LogP contribution >= 0.6 is 0 Å². The maximum absolute atomic E-state index is 12.7. The van der Waals surface area contributed by atoms with Crippen LogP contribution in [0.5, 0.6) is 0 Å². The van der Waals surface area contributed by atoms with Crippen LogP contribution in [0.3, 0.4) is 0 Å². The zero-order valence-corrected chi connectivity index (χ0v) is 15.8. The molecule has 0 radical (unpaired) electrons. The van der Waals surface area contributed by atoms with Gasteiger partial charge in [-0.15, -0.1) is 0 Å². The molecule has 3 heterocycles. The number of piperazine rings is 1. The van der Waals surface area contributed by atoms with E-state index in [2.05, 4.69) is 20.0 Å². The molecule has 0 spiro atoms. The van der Waals surface area contributed by atoms with Gasteiger partial charge in [0, 0.05) is 37.9 Å². The second kappa shape index (κ2) is 8.16. The molecule has 0 N–H and O–H groups in total. The molecule has 1 atom stereocenters. The first-order valence-electron chi connectivity index (χ1n) is 9.45. The molecule has 1 saturated heterocycles. The smallest absolute Gasteiger partial charge is 0.227 e. The van der Waals surface area contributed by atoms with Gasteiger partial charge in [0.15, 0.2) is 0 Å². The van der Waals surface area contributed by atoms with Gasteiger partial charge in [0.2, 0.25) is 11.9 Å². The molecule has 28 heavy (non-hydrogen) atoms. The Morgan fingerprint density at radius 1 is 1.11 bits per heavy atom. The van der Waals surface area contributed by atoms with Gasteiger partial charge in [0.1, 0.15) is 12.7 Å². The van der Waals surface area contributed by atoms with Crippen molar-refractivity contribution >= 4 is 11.9 Å². The molecule has 1 amide bonds.